The van der Waals surface area contributed by atoms with Crippen LogP contribution in [0.5, 0.6) is 0 Å². The van der Waals surface area contributed by atoms with E-state index in [1.54, 1.807) is 0 Å². The summed E-state index contributed by atoms with van der Waals surface area (Å²) >= 11 is 1.29. The summed E-state index contributed by atoms with van der Waals surface area (Å²) in [7, 11) is 2.12. The van der Waals surface area contributed by atoms with Crippen molar-refractivity contribution < 1.29 is 0 Å². The van der Waals surface area contributed by atoms with E-state index in [9.17, 15) is 4.79 Å². The molecule has 2 aromatic rings. The molecule has 0 bridgehead atoms. The Kier molecular flexibility index (Phi) is 5.56. The highest BCUT2D eigenvalue weighted by Crippen LogP contribution is 2.04. The van der Waals surface area contributed by atoms with Crippen molar-refractivity contribution in [3.8, 4) is 0 Å². The molecule has 0 aliphatic heterocycles. The number of benzene rings is 1. The molecule has 0 fully saturated rings. The zero-order chi connectivity index (χ0) is 14.4. The van der Waals surface area contributed by atoms with Crippen molar-refractivity contribution >= 4 is 11.3 Å². The third kappa shape index (κ3) is 4.32. The van der Waals surface area contributed by atoms with E-state index in [-0.39, 0.29) is 4.87 Å². The van der Waals surface area contributed by atoms with Gasteiger partial charge in [-0.15, -0.1) is 0 Å². The van der Waals surface area contributed by atoms with Crippen LogP contribution in [-0.4, -0.2) is 29.6 Å². The minimum atomic E-state index is 0.153. The smallest absolute Gasteiger partial charge is 0.305 e. The molecule has 0 atom stereocenters. The van der Waals surface area contributed by atoms with Crippen LogP contribution in [0.2, 0.25) is 0 Å². The molecule has 108 valence electrons. The number of aromatic nitrogens is 1. The fourth-order valence-electron chi connectivity index (χ4n) is 2.25. The van der Waals surface area contributed by atoms with Crippen LogP contribution in [-0.2, 0) is 13.0 Å². The summed E-state index contributed by atoms with van der Waals surface area (Å²) in [6.07, 6.45) is 2.26. The first-order valence-corrected chi connectivity index (χ1v) is 7.92. The van der Waals surface area contributed by atoms with Gasteiger partial charge in [0.1, 0.15) is 0 Å². The normalized spacial score (nSPS) is 11.2. The van der Waals surface area contributed by atoms with E-state index in [0.717, 1.165) is 38.2 Å². The van der Waals surface area contributed by atoms with Gasteiger partial charge >= 0.3 is 4.87 Å². The monoisotopic (exact) mass is 290 g/mol. The third-order valence-electron chi connectivity index (χ3n) is 3.53. The van der Waals surface area contributed by atoms with Gasteiger partial charge in [-0.05, 0) is 38.9 Å². The van der Waals surface area contributed by atoms with Crippen LogP contribution in [0.25, 0.3) is 0 Å². The van der Waals surface area contributed by atoms with Crippen LogP contribution < -0.4 is 4.87 Å². The molecule has 0 saturated carbocycles. The van der Waals surface area contributed by atoms with E-state index < -0.39 is 0 Å². The van der Waals surface area contributed by atoms with Crippen LogP contribution in [0.3, 0.4) is 0 Å². The molecule has 0 amide bonds. The van der Waals surface area contributed by atoms with Crippen molar-refractivity contribution in [1.29, 1.82) is 0 Å². The lowest BCUT2D eigenvalue weighted by Crippen LogP contribution is -2.28. The first-order valence-electron chi connectivity index (χ1n) is 7.04. The summed E-state index contributed by atoms with van der Waals surface area (Å²) < 4.78 is 1.86. The van der Waals surface area contributed by atoms with Crippen molar-refractivity contribution in [2.45, 2.75) is 26.3 Å². The largest absolute Gasteiger partial charge is 0.307 e. The van der Waals surface area contributed by atoms with Crippen molar-refractivity contribution in [2.75, 3.05) is 20.1 Å². The molecule has 1 aromatic heterocycles. The van der Waals surface area contributed by atoms with Crippen molar-refractivity contribution in [2.24, 2.45) is 0 Å². The summed E-state index contributed by atoms with van der Waals surface area (Å²) in [4.78, 5) is 14.1. The molecule has 0 aliphatic carbocycles. The predicted octanol–water partition coefficient (Wildman–Crippen LogP) is 2.78. The molecular weight excluding hydrogens is 268 g/mol. The molecule has 0 N–H and O–H groups in total. The molecule has 1 heterocycles. The van der Waals surface area contributed by atoms with Gasteiger partial charge in [-0.1, -0.05) is 41.7 Å². The van der Waals surface area contributed by atoms with E-state index in [2.05, 4.69) is 42.3 Å². The molecule has 3 nitrogen and oxygen atoms in total. The molecule has 20 heavy (non-hydrogen) atoms. The Bertz CT molecular complexity index is 574. The van der Waals surface area contributed by atoms with E-state index in [4.69, 9.17) is 0 Å². The highest BCUT2D eigenvalue weighted by atomic mass is 32.1. The van der Waals surface area contributed by atoms with Crippen molar-refractivity contribution in [3.63, 3.8) is 0 Å². The molecule has 4 heteroatoms. The number of hydrogen-bond donors (Lipinski definition) is 0. The van der Waals surface area contributed by atoms with Gasteiger partial charge in [0.15, 0.2) is 0 Å². The second-order valence-electron chi connectivity index (χ2n) is 5.19. The van der Waals surface area contributed by atoms with E-state index >= 15 is 0 Å². The zero-order valence-electron chi connectivity index (χ0n) is 12.2. The maximum Gasteiger partial charge on any atom is 0.307 e. The van der Waals surface area contributed by atoms with Gasteiger partial charge in [0.2, 0.25) is 0 Å². The first kappa shape index (κ1) is 15.0. The number of thiazole rings is 1. The minimum Gasteiger partial charge on any atom is -0.305 e. The molecule has 2 rings (SSSR count). The standard InChI is InChI=1S/C16H22N2OS/c1-14-13-20-16(19)18(14)12-11-17(2)10-6-9-15-7-4-3-5-8-15/h3-5,7-8,13H,6,9-12H2,1-2H3. The summed E-state index contributed by atoms with van der Waals surface area (Å²) in [6.45, 7) is 4.77. The van der Waals surface area contributed by atoms with Gasteiger partial charge in [-0.3, -0.25) is 4.79 Å². The number of rotatable bonds is 7. The van der Waals surface area contributed by atoms with Crippen LogP contribution in [0.1, 0.15) is 17.7 Å². The molecule has 0 saturated heterocycles. The second-order valence-corrected chi connectivity index (χ2v) is 6.01. The fourth-order valence-corrected chi connectivity index (χ4v) is 3.02. The number of nitrogens with zero attached hydrogens (tertiary/aromatic N) is 2. The Labute approximate surface area is 124 Å². The second kappa shape index (κ2) is 7.41. The molecule has 0 aliphatic rings. The Morgan fingerprint density at radius 2 is 1.95 bits per heavy atom. The molecular formula is C16H22N2OS. The Balaban J connectivity index is 1.71. The summed E-state index contributed by atoms with van der Waals surface area (Å²) in [5, 5.41) is 1.93. The van der Waals surface area contributed by atoms with Crippen molar-refractivity contribution in [3.05, 3.63) is 56.6 Å². The van der Waals surface area contributed by atoms with Gasteiger partial charge in [0.25, 0.3) is 0 Å². The van der Waals surface area contributed by atoms with E-state index in [1.807, 2.05) is 16.9 Å². The van der Waals surface area contributed by atoms with Crippen LogP contribution >= 0.6 is 11.3 Å². The minimum absolute atomic E-state index is 0.153. The van der Waals surface area contributed by atoms with Crippen LogP contribution in [0, 0.1) is 6.92 Å². The Morgan fingerprint density at radius 1 is 1.20 bits per heavy atom. The number of likely N-dealkylation sites (N-methyl/N-ethyl adjacent to an activating group) is 1. The zero-order valence-corrected chi connectivity index (χ0v) is 13.0. The average Bonchev–Trinajstić information content (AvgIpc) is 2.77. The Morgan fingerprint density at radius 3 is 2.60 bits per heavy atom. The van der Waals surface area contributed by atoms with Crippen LogP contribution in [0.15, 0.2) is 40.5 Å². The van der Waals surface area contributed by atoms with Gasteiger partial charge in [-0.2, -0.15) is 0 Å². The van der Waals surface area contributed by atoms with Gasteiger partial charge < -0.3 is 9.47 Å². The Hall–Kier alpha value is -1.39. The molecule has 0 radical (unpaired) electrons. The summed E-state index contributed by atoms with van der Waals surface area (Å²) in [5.41, 5.74) is 2.46. The summed E-state index contributed by atoms with van der Waals surface area (Å²) in [5.74, 6) is 0. The SMILES string of the molecule is Cc1csc(=O)n1CCN(C)CCCc1ccccc1. The topological polar surface area (TPSA) is 25.2 Å². The lowest BCUT2D eigenvalue weighted by atomic mass is 10.1. The fraction of sp³-hybridized carbons (Fsp3) is 0.438. The number of aryl methyl sites for hydroxylation is 2. The molecule has 1 aromatic carbocycles. The van der Waals surface area contributed by atoms with Crippen molar-refractivity contribution in [1.82, 2.24) is 9.47 Å². The third-order valence-corrected chi connectivity index (χ3v) is 4.41. The maximum atomic E-state index is 11.6. The number of hydrogen-bond acceptors (Lipinski definition) is 3. The lowest BCUT2D eigenvalue weighted by molar-refractivity contribution is 0.313. The lowest BCUT2D eigenvalue weighted by Gasteiger charge is -2.17. The summed E-state index contributed by atoms with van der Waals surface area (Å²) in [6, 6.07) is 10.6. The quantitative estimate of drug-likeness (QED) is 0.783. The highest BCUT2D eigenvalue weighted by molar-refractivity contribution is 7.07. The van der Waals surface area contributed by atoms with E-state index in [1.165, 1.54) is 16.9 Å². The van der Waals surface area contributed by atoms with Gasteiger partial charge in [0, 0.05) is 24.2 Å². The van der Waals surface area contributed by atoms with E-state index in [0.29, 0.717) is 0 Å². The molecule has 0 unspecified atom stereocenters. The van der Waals surface area contributed by atoms with Crippen LogP contribution in [0.4, 0.5) is 0 Å². The molecule has 0 spiro atoms. The predicted molar refractivity (Wildman–Crippen MR) is 85.6 cm³/mol. The first-order chi connectivity index (χ1) is 9.66. The van der Waals surface area contributed by atoms with Gasteiger partial charge in [0.05, 0.1) is 0 Å². The highest BCUT2D eigenvalue weighted by Gasteiger charge is 2.04. The maximum absolute atomic E-state index is 11.6. The average molecular weight is 290 g/mol. The van der Waals surface area contributed by atoms with Gasteiger partial charge in [-0.25, -0.2) is 0 Å².